The van der Waals surface area contributed by atoms with Crippen LogP contribution in [0.25, 0.3) is 0 Å². The molecule has 0 bridgehead atoms. The average Bonchev–Trinajstić information content (AvgIpc) is 2.98. The van der Waals surface area contributed by atoms with Crippen LogP contribution in [0.3, 0.4) is 0 Å². The number of aliphatic carboxylic acids is 1. The number of hydrogen-bond acceptors (Lipinski definition) is 3. The number of carboxylic acids is 1. The molecule has 1 aliphatic carbocycles. The molecule has 98 valence electrons. The van der Waals surface area contributed by atoms with Crippen LogP contribution in [0.2, 0.25) is 0 Å². The minimum Gasteiger partial charge on any atom is -0.481 e. The first kappa shape index (κ1) is 13.1. The highest BCUT2D eigenvalue weighted by molar-refractivity contribution is 7.10. The van der Waals surface area contributed by atoms with E-state index in [4.69, 9.17) is 5.11 Å². The number of carboxylic acid groups (broad SMARTS) is 1. The predicted octanol–water partition coefficient (Wildman–Crippen LogP) is 2.22. The fourth-order valence-corrected chi connectivity index (χ4v) is 3.11. The van der Waals surface area contributed by atoms with Gasteiger partial charge in [0, 0.05) is 10.9 Å². The number of hydrogen-bond donors (Lipinski definition) is 2. The lowest BCUT2D eigenvalue weighted by atomic mass is 10.1. The molecule has 1 aromatic heterocycles. The summed E-state index contributed by atoms with van der Waals surface area (Å²) >= 11 is 1.57. The van der Waals surface area contributed by atoms with Crippen LogP contribution in [0.4, 0.5) is 0 Å². The molecule has 4 nitrogen and oxygen atoms in total. The molecule has 0 saturated heterocycles. The van der Waals surface area contributed by atoms with Crippen molar-refractivity contribution in [3.8, 4) is 0 Å². The van der Waals surface area contributed by atoms with Crippen molar-refractivity contribution in [2.24, 2.45) is 5.92 Å². The molecule has 1 fully saturated rings. The van der Waals surface area contributed by atoms with Gasteiger partial charge in [0.25, 0.3) is 0 Å². The zero-order chi connectivity index (χ0) is 13.1. The van der Waals surface area contributed by atoms with E-state index in [2.05, 4.69) is 5.32 Å². The van der Waals surface area contributed by atoms with Crippen LogP contribution in [0, 0.1) is 5.92 Å². The first-order valence-electron chi connectivity index (χ1n) is 6.14. The van der Waals surface area contributed by atoms with E-state index in [-0.39, 0.29) is 23.8 Å². The summed E-state index contributed by atoms with van der Waals surface area (Å²) in [6, 6.07) is 3.89. The summed E-state index contributed by atoms with van der Waals surface area (Å²) < 4.78 is 0. The Morgan fingerprint density at radius 1 is 1.50 bits per heavy atom. The first-order valence-corrected chi connectivity index (χ1v) is 7.02. The van der Waals surface area contributed by atoms with Crippen molar-refractivity contribution in [3.63, 3.8) is 0 Å². The van der Waals surface area contributed by atoms with Gasteiger partial charge in [-0.05, 0) is 37.6 Å². The van der Waals surface area contributed by atoms with Crippen LogP contribution in [0.15, 0.2) is 17.5 Å². The van der Waals surface area contributed by atoms with Crippen LogP contribution in [-0.4, -0.2) is 23.0 Å². The highest BCUT2D eigenvalue weighted by Crippen LogP contribution is 2.27. The van der Waals surface area contributed by atoms with E-state index in [0.717, 1.165) is 11.3 Å². The molecule has 1 amide bonds. The van der Waals surface area contributed by atoms with Gasteiger partial charge >= 0.3 is 5.97 Å². The van der Waals surface area contributed by atoms with E-state index in [0.29, 0.717) is 12.8 Å². The summed E-state index contributed by atoms with van der Waals surface area (Å²) in [6.07, 6.45) is 1.98. The molecular formula is C13H17NO3S. The third-order valence-electron chi connectivity index (χ3n) is 3.49. The van der Waals surface area contributed by atoms with Gasteiger partial charge in [0.15, 0.2) is 0 Å². The molecular weight excluding hydrogens is 250 g/mol. The van der Waals surface area contributed by atoms with Crippen molar-refractivity contribution in [2.75, 3.05) is 0 Å². The number of rotatable bonds is 4. The van der Waals surface area contributed by atoms with Crippen LogP contribution in [0.5, 0.6) is 0 Å². The maximum atomic E-state index is 12.0. The Labute approximate surface area is 110 Å². The van der Waals surface area contributed by atoms with Gasteiger partial charge in [-0.3, -0.25) is 9.59 Å². The molecule has 2 rings (SSSR count). The van der Waals surface area contributed by atoms with E-state index in [1.165, 1.54) is 0 Å². The highest BCUT2D eigenvalue weighted by atomic mass is 32.1. The Balaban J connectivity index is 1.87. The van der Waals surface area contributed by atoms with Gasteiger partial charge in [0.1, 0.15) is 0 Å². The molecule has 3 atom stereocenters. The van der Waals surface area contributed by atoms with Crippen molar-refractivity contribution >= 4 is 23.2 Å². The van der Waals surface area contributed by atoms with E-state index < -0.39 is 5.97 Å². The summed E-state index contributed by atoms with van der Waals surface area (Å²) in [5, 5.41) is 13.8. The van der Waals surface area contributed by atoms with Crippen LogP contribution in [-0.2, 0) is 9.59 Å². The Bertz CT molecular complexity index is 429. The van der Waals surface area contributed by atoms with Gasteiger partial charge in [-0.2, -0.15) is 0 Å². The standard InChI is InChI=1S/C13H17NO3S/c1-8(11-3-2-6-18-11)12(15)14-10-5-4-9(7-10)13(16)17/h2-3,6,8-10H,4-5,7H2,1H3,(H,14,15)(H,16,17)/t8?,9-,10+/m1/s1. The molecule has 1 saturated carbocycles. The fraction of sp³-hybridized carbons (Fsp3) is 0.538. The third-order valence-corrected chi connectivity index (χ3v) is 4.55. The third kappa shape index (κ3) is 2.90. The number of carbonyl (C=O) groups excluding carboxylic acids is 1. The Hall–Kier alpha value is -1.36. The minimum absolute atomic E-state index is 0.00603. The van der Waals surface area contributed by atoms with Crippen molar-refractivity contribution in [1.82, 2.24) is 5.32 Å². The van der Waals surface area contributed by atoms with Crippen LogP contribution in [0.1, 0.15) is 37.0 Å². The molecule has 2 N–H and O–H groups in total. The van der Waals surface area contributed by atoms with E-state index in [1.807, 2.05) is 24.4 Å². The molecule has 1 aliphatic rings. The quantitative estimate of drug-likeness (QED) is 0.879. The van der Waals surface area contributed by atoms with Crippen molar-refractivity contribution in [1.29, 1.82) is 0 Å². The molecule has 1 unspecified atom stereocenters. The second-order valence-corrected chi connectivity index (χ2v) is 5.77. The Morgan fingerprint density at radius 3 is 2.83 bits per heavy atom. The molecule has 5 heteroatoms. The van der Waals surface area contributed by atoms with Gasteiger partial charge in [-0.15, -0.1) is 11.3 Å². The van der Waals surface area contributed by atoms with Gasteiger partial charge in [-0.1, -0.05) is 6.07 Å². The van der Waals surface area contributed by atoms with Gasteiger partial charge in [0.2, 0.25) is 5.91 Å². The normalized spacial score (nSPS) is 24.7. The smallest absolute Gasteiger partial charge is 0.306 e. The molecule has 0 radical (unpaired) electrons. The maximum Gasteiger partial charge on any atom is 0.306 e. The summed E-state index contributed by atoms with van der Waals surface area (Å²) in [6.45, 7) is 1.88. The van der Waals surface area contributed by atoms with Crippen molar-refractivity contribution < 1.29 is 14.7 Å². The Morgan fingerprint density at radius 2 is 2.28 bits per heavy atom. The van der Waals surface area contributed by atoms with Gasteiger partial charge in [0.05, 0.1) is 11.8 Å². The Kier molecular flexibility index (Phi) is 4.01. The summed E-state index contributed by atoms with van der Waals surface area (Å²) in [5.41, 5.74) is 0. The monoisotopic (exact) mass is 267 g/mol. The topological polar surface area (TPSA) is 66.4 Å². The average molecular weight is 267 g/mol. The zero-order valence-electron chi connectivity index (χ0n) is 10.3. The second kappa shape index (κ2) is 5.52. The SMILES string of the molecule is CC(C(=O)N[C@H]1CC[C@@H](C(=O)O)C1)c1cccs1. The highest BCUT2D eigenvalue weighted by Gasteiger charge is 2.31. The lowest BCUT2D eigenvalue weighted by Crippen LogP contribution is -2.36. The number of thiophene rings is 1. The van der Waals surface area contributed by atoms with E-state index in [1.54, 1.807) is 11.3 Å². The second-order valence-electron chi connectivity index (χ2n) is 4.79. The van der Waals surface area contributed by atoms with Crippen molar-refractivity contribution in [3.05, 3.63) is 22.4 Å². The molecule has 0 aromatic carbocycles. The molecule has 1 aromatic rings. The maximum absolute atomic E-state index is 12.0. The summed E-state index contributed by atoms with van der Waals surface area (Å²) in [5.74, 6) is -1.22. The summed E-state index contributed by atoms with van der Waals surface area (Å²) in [4.78, 5) is 23.9. The predicted molar refractivity (Wildman–Crippen MR) is 69.6 cm³/mol. The molecule has 18 heavy (non-hydrogen) atoms. The first-order chi connectivity index (χ1) is 8.58. The van der Waals surface area contributed by atoms with Crippen molar-refractivity contribution in [2.45, 2.75) is 38.1 Å². The van der Waals surface area contributed by atoms with Crippen LogP contribution < -0.4 is 5.32 Å². The van der Waals surface area contributed by atoms with E-state index >= 15 is 0 Å². The minimum atomic E-state index is -0.752. The number of nitrogens with one attached hydrogen (secondary N) is 1. The van der Waals surface area contributed by atoms with Gasteiger partial charge < -0.3 is 10.4 Å². The molecule has 1 heterocycles. The van der Waals surface area contributed by atoms with E-state index in [9.17, 15) is 9.59 Å². The van der Waals surface area contributed by atoms with Gasteiger partial charge in [-0.25, -0.2) is 0 Å². The lowest BCUT2D eigenvalue weighted by Gasteiger charge is -2.16. The lowest BCUT2D eigenvalue weighted by molar-refractivity contribution is -0.141. The summed E-state index contributed by atoms with van der Waals surface area (Å²) in [7, 11) is 0. The number of carbonyl (C=O) groups is 2. The molecule has 0 spiro atoms. The zero-order valence-corrected chi connectivity index (χ0v) is 11.1. The van der Waals surface area contributed by atoms with Crippen LogP contribution >= 0.6 is 11.3 Å². The fourth-order valence-electron chi connectivity index (χ4n) is 2.33. The molecule has 0 aliphatic heterocycles. The largest absolute Gasteiger partial charge is 0.481 e. The number of amides is 1.